The Balaban J connectivity index is 1.70. The maximum atomic E-state index is 12.5. The fourth-order valence-electron chi connectivity index (χ4n) is 4.35. The first kappa shape index (κ1) is 14.4. The molecule has 2 amide bonds. The van der Waals surface area contributed by atoms with Gasteiger partial charge in [0.2, 0.25) is 0 Å². The molecule has 0 radical (unpaired) electrons. The molecule has 116 valence electrons. The first-order valence-corrected chi connectivity index (χ1v) is 8.01. The van der Waals surface area contributed by atoms with E-state index in [9.17, 15) is 4.79 Å². The lowest BCUT2D eigenvalue weighted by Gasteiger charge is -2.58. The van der Waals surface area contributed by atoms with Crippen LogP contribution in [0.4, 0.5) is 10.6 Å². The molecule has 2 aliphatic rings. The zero-order chi connectivity index (χ0) is 15.2. The number of anilines is 1. The molecule has 0 unspecified atom stereocenters. The van der Waals surface area contributed by atoms with Crippen molar-refractivity contribution in [1.82, 2.24) is 14.7 Å². The largest absolute Gasteiger partial charge is 0.323 e. The Morgan fingerprint density at radius 2 is 2.10 bits per heavy atom. The quantitative estimate of drug-likeness (QED) is 0.909. The van der Waals surface area contributed by atoms with E-state index in [-0.39, 0.29) is 6.03 Å². The molecule has 5 heteroatoms. The number of hydrogen-bond donors (Lipinski definition) is 1. The number of urea groups is 1. The van der Waals surface area contributed by atoms with Gasteiger partial charge in [-0.25, -0.2) is 4.79 Å². The minimum absolute atomic E-state index is 0.00400. The van der Waals surface area contributed by atoms with E-state index in [1.807, 2.05) is 24.9 Å². The van der Waals surface area contributed by atoms with Crippen LogP contribution in [0.1, 0.15) is 45.2 Å². The molecule has 1 N–H and O–H groups in total. The van der Waals surface area contributed by atoms with Gasteiger partial charge in [-0.15, -0.1) is 0 Å². The van der Waals surface area contributed by atoms with Gasteiger partial charge in [-0.2, -0.15) is 5.10 Å². The van der Waals surface area contributed by atoms with Gasteiger partial charge in [-0.3, -0.25) is 10.00 Å². The summed E-state index contributed by atoms with van der Waals surface area (Å²) in [7, 11) is 1.89. The molecule has 0 bridgehead atoms. The summed E-state index contributed by atoms with van der Waals surface area (Å²) >= 11 is 0. The number of amides is 2. The first-order valence-electron chi connectivity index (χ1n) is 8.01. The van der Waals surface area contributed by atoms with Crippen molar-refractivity contribution in [2.75, 3.05) is 11.9 Å². The number of likely N-dealkylation sites (tertiary alicyclic amines) is 1. The van der Waals surface area contributed by atoms with Crippen LogP contribution < -0.4 is 5.32 Å². The second kappa shape index (κ2) is 5.04. The summed E-state index contributed by atoms with van der Waals surface area (Å²) in [6, 6.07) is 2.29. The summed E-state index contributed by atoms with van der Waals surface area (Å²) in [6.45, 7) is 7.36. The van der Waals surface area contributed by atoms with Crippen molar-refractivity contribution >= 4 is 11.8 Å². The van der Waals surface area contributed by atoms with Gasteiger partial charge < -0.3 is 4.90 Å². The van der Waals surface area contributed by atoms with Crippen molar-refractivity contribution in [3.8, 4) is 0 Å². The van der Waals surface area contributed by atoms with Crippen molar-refractivity contribution in [2.45, 2.75) is 52.5 Å². The molecule has 21 heavy (non-hydrogen) atoms. The van der Waals surface area contributed by atoms with Crippen molar-refractivity contribution < 1.29 is 4.79 Å². The normalized spacial score (nSPS) is 23.7. The van der Waals surface area contributed by atoms with E-state index in [1.54, 1.807) is 4.68 Å². The third kappa shape index (κ3) is 2.32. The van der Waals surface area contributed by atoms with E-state index < -0.39 is 0 Å². The highest BCUT2D eigenvalue weighted by Crippen LogP contribution is 2.52. The first-order chi connectivity index (χ1) is 9.93. The average Bonchev–Trinajstić information content (AvgIpc) is 2.95. The molecule has 0 aromatic carbocycles. The minimum Gasteiger partial charge on any atom is -0.320 e. The highest BCUT2D eigenvalue weighted by molar-refractivity contribution is 5.89. The van der Waals surface area contributed by atoms with E-state index in [1.165, 1.54) is 25.7 Å². The maximum absolute atomic E-state index is 12.5. The monoisotopic (exact) mass is 290 g/mol. The molecule has 2 heterocycles. The lowest BCUT2D eigenvalue weighted by atomic mass is 9.66. The van der Waals surface area contributed by atoms with Gasteiger partial charge in [0, 0.05) is 36.8 Å². The molecule has 1 atom stereocenters. The molecule has 2 fully saturated rings. The molecule has 3 rings (SSSR count). The van der Waals surface area contributed by atoms with Crippen LogP contribution in [0.15, 0.2) is 6.07 Å². The Labute approximate surface area is 126 Å². The summed E-state index contributed by atoms with van der Waals surface area (Å²) < 4.78 is 1.78. The number of nitrogens with one attached hydrogen (secondary N) is 1. The lowest BCUT2D eigenvalue weighted by molar-refractivity contribution is -0.0578. The highest BCUT2D eigenvalue weighted by atomic mass is 16.2. The van der Waals surface area contributed by atoms with E-state index in [0.717, 1.165) is 12.2 Å². The fraction of sp³-hybridized carbons (Fsp3) is 0.750. The van der Waals surface area contributed by atoms with Crippen molar-refractivity contribution in [3.63, 3.8) is 0 Å². The predicted octanol–water partition coefficient (Wildman–Crippen LogP) is 3.16. The van der Waals surface area contributed by atoms with Crippen molar-refractivity contribution in [2.24, 2.45) is 18.4 Å². The van der Waals surface area contributed by atoms with Crippen LogP contribution in [-0.4, -0.2) is 33.3 Å². The van der Waals surface area contributed by atoms with Crippen molar-refractivity contribution in [1.29, 1.82) is 0 Å². The number of hydrogen-bond acceptors (Lipinski definition) is 2. The smallest absolute Gasteiger partial charge is 0.320 e. The predicted molar refractivity (Wildman–Crippen MR) is 83.2 cm³/mol. The number of carbonyl (C=O) groups is 1. The van der Waals surface area contributed by atoms with Crippen LogP contribution in [0.2, 0.25) is 0 Å². The highest BCUT2D eigenvalue weighted by Gasteiger charge is 2.56. The zero-order valence-corrected chi connectivity index (χ0v) is 13.5. The Bertz CT molecular complexity index is 523. The van der Waals surface area contributed by atoms with Gasteiger partial charge in [0.15, 0.2) is 5.82 Å². The Kier molecular flexibility index (Phi) is 3.46. The second-order valence-corrected chi connectivity index (χ2v) is 7.11. The SMILES string of the molecule is Cc1cc(NC(=O)N2CC3(CCCC3)[C@@H]2C(C)C)nn1C. The van der Waals surface area contributed by atoms with Gasteiger partial charge in [-0.05, 0) is 25.7 Å². The number of carbonyl (C=O) groups excluding carboxylic acids is 1. The van der Waals surface area contributed by atoms with Crippen LogP contribution in [0, 0.1) is 18.3 Å². The zero-order valence-electron chi connectivity index (χ0n) is 13.5. The number of rotatable bonds is 2. The maximum Gasteiger partial charge on any atom is 0.323 e. The average molecular weight is 290 g/mol. The topological polar surface area (TPSA) is 50.2 Å². The van der Waals surface area contributed by atoms with Gasteiger partial charge >= 0.3 is 6.03 Å². The van der Waals surface area contributed by atoms with E-state index >= 15 is 0 Å². The van der Waals surface area contributed by atoms with E-state index in [4.69, 9.17) is 0 Å². The summed E-state index contributed by atoms with van der Waals surface area (Å²) in [5, 5.41) is 7.26. The number of aromatic nitrogens is 2. The van der Waals surface area contributed by atoms with Gasteiger partial charge in [0.05, 0.1) is 0 Å². The third-order valence-corrected chi connectivity index (χ3v) is 5.29. The number of aryl methyl sites for hydroxylation is 2. The summed E-state index contributed by atoms with van der Waals surface area (Å²) in [5.41, 5.74) is 1.44. The Hall–Kier alpha value is -1.52. The van der Waals surface area contributed by atoms with Crippen molar-refractivity contribution in [3.05, 3.63) is 11.8 Å². The standard InChI is InChI=1S/C16H26N4O/c1-11(2)14-16(7-5-6-8-16)10-20(14)15(21)17-13-9-12(3)19(4)18-13/h9,11,14H,5-8,10H2,1-4H3,(H,17,18,21)/t14-/m0/s1. The van der Waals surface area contributed by atoms with Gasteiger partial charge in [0.25, 0.3) is 0 Å². The second-order valence-electron chi connectivity index (χ2n) is 7.11. The molecule has 1 saturated heterocycles. The molecule has 1 aromatic heterocycles. The summed E-state index contributed by atoms with van der Waals surface area (Å²) in [5.74, 6) is 1.16. The van der Waals surface area contributed by atoms with Crippen LogP contribution in [0.25, 0.3) is 0 Å². The van der Waals surface area contributed by atoms with Crippen LogP contribution >= 0.6 is 0 Å². The van der Waals surface area contributed by atoms with Crippen LogP contribution in [-0.2, 0) is 7.05 Å². The van der Waals surface area contributed by atoms with Crippen LogP contribution in [0.5, 0.6) is 0 Å². The molecule has 1 aliphatic carbocycles. The van der Waals surface area contributed by atoms with E-state index in [2.05, 4.69) is 24.3 Å². The van der Waals surface area contributed by atoms with Gasteiger partial charge in [-0.1, -0.05) is 26.7 Å². The summed E-state index contributed by atoms with van der Waals surface area (Å²) in [4.78, 5) is 14.5. The lowest BCUT2D eigenvalue weighted by Crippen LogP contribution is -2.68. The number of nitrogens with zero attached hydrogens (tertiary/aromatic N) is 3. The molecule has 5 nitrogen and oxygen atoms in total. The molecule has 1 aliphatic heterocycles. The molecule has 1 saturated carbocycles. The fourth-order valence-corrected chi connectivity index (χ4v) is 4.35. The Morgan fingerprint density at radius 3 is 2.62 bits per heavy atom. The van der Waals surface area contributed by atoms with E-state index in [0.29, 0.717) is 23.2 Å². The third-order valence-electron chi connectivity index (χ3n) is 5.29. The molecule has 1 spiro atoms. The minimum atomic E-state index is 0.00400. The molecule has 1 aromatic rings. The van der Waals surface area contributed by atoms with Gasteiger partial charge in [0.1, 0.15) is 0 Å². The summed E-state index contributed by atoms with van der Waals surface area (Å²) in [6.07, 6.45) is 5.20. The molecular formula is C16H26N4O. The Morgan fingerprint density at radius 1 is 1.43 bits per heavy atom. The van der Waals surface area contributed by atoms with Crippen LogP contribution in [0.3, 0.4) is 0 Å². The molecular weight excluding hydrogens is 264 g/mol.